The Morgan fingerprint density at radius 3 is 2.71 bits per heavy atom. The molecule has 0 amide bonds. The highest BCUT2D eigenvalue weighted by molar-refractivity contribution is 7.89. The van der Waals surface area contributed by atoms with Crippen molar-refractivity contribution in [2.24, 2.45) is 0 Å². The topological polar surface area (TPSA) is 75.3 Å². The molecule has 7 heteroatoms. The van der Waals surface area contributed by atoms with Crippen molar-refractivity contribution in [2.75, 3.05) is 26.3 Å². The van der Waals surface area contributed by atoms with Gasteiger partial charge in [-0.25, -0.2) is 13.4 Å². The zero-order valence-corrected chi connectivity index (χ0v) is 8.33. The highest BCUT2D eigenvalue weighted by atomic mass is 32.2. The van der Waals surface area contributed by atoms with Gasteiger partial charge in [0.25, 0.3) is 10.0 Å². The Balaban J connectivity index is 2.23. The van der Waals surface area contributed by atoms with E-state index in [0.717, 1.165) is 0 Å². The van der Waals surface area contributed by atoms with Crippen molar-refractivity contribution in [2.45, 2.75) is 5.03 Å². The van der Waals surface area contributed by atoms with Crippen LogP contribution in [-0.4, -0.2) is 49.0 Å². The lowest BCUT2D eigenvalue weighted by Gasteiger charge is -2.25. The average Bonchev–Trinajstić information content (AvgIpc) is 2.72. The minimum Gasteiger partial charge on any atom is -0.379 e. The summed E-state index contributed by atoms with van der Waals surface area (Å²) in [6.07, 6.45) is 2.66. The van der Waals surface area contributed by atoms with Gasteiger partial charge in [0.2, 0.25) is 0 Å². The number of nitrogens with zero attached hydrogens (tertiary/aromatic N) is 2. The van der Waals surface area contributed by atoms with Gasteiger partial charge in [0.15, 0.2) is 5.03 Å². The fourth-order valence-electron chi connectivity index (χ4n) is 1.31. The molecule has 1 aliphatic rings. The molecule has 6 nitrogen and oxygen atoms in total. The summed E-state index contributed by atoms with van der Waals surface area (Å²) in [4.78, 5) is 6.28. The molecule has 1 aliphatic heterocycles. The summed E-state index contributed by atoms with van der Waals surface area (Å²) in [5.41, 5.74) is 0. The van der Waals surface area contributed by atoms with Gasteiger partial charge in [-0.2, -0.15) is 4.31 Å². The number of hydrogen-bond donors (Lipinski definition) is 1. The minimum atomic E-state index is -3.38. The van der Waals surface area contributed by atoms with Gasteiger partial charge in [0.1, 0.15) is 0 Å². The lowest BCUT2D eigenvalue weighted by Crippen LogP contribution is -2.40. The third-order valence-corrected chi connectivity index (χ3v) is 3.89. The maximum absolute atomic E-state index is 11.8. The lowest BCUT2D eigenvalue weighted by molar-refractivity contribution is 0.0729. The Hall–Kier alpha value is -0.920. The molecule has 1 fully saturated rings. The van der Waals surface area contributed by atoms with Crippen LogP contribution < -0.4 is 0 Å². The first-order chi connectivity index (χ1) is 6.71. The second-order valence-electron chi connectivity index (χ2n) is 2.93. The summed E-state index contributed by atoms with van der Waals surface area (Å²) in [6, 6.07) is 0. The molecule has 0 radical (unpaired) electrons. The number of sulfonamides is 1. The molecule has 0 bridgehead atoms. The first kappa shape index (κ1) is 9.63. The number of rotatable bonds is 2. The van der Waals surface area contributed by atoms with Gasteiger partial charge in [-0.1, -0.05) is 0 Å². The molecule has 1 aromatic heterocycles. The molecule has 0 aromatic carbocycles. The number of nitrogens with one attached hydrogen (secondary N) is 1. The zero-order valence-electron chi connectivity index (χ0n) is 7.51. The van der Waals surface area contributed by atoms with E-state index in [1.54, 1.807) is 0 Å². The Bertz CT molecular complexity index is 380. The maximum atomic E-state index is 11.8. The van der Waals surface area contributed by atoms with Crippen LogP contribution in [0.2, 0.25) is 0 Å². The van der Waals surface area contributed by atoms with Gasteiger partial charge in [0, 0.05) is 13.1 Å². The molecule has 2 rings (SSSR count). The lowest BCUT2D eigenvalue weighted by atomic mass is 10.5. The molecule has 2 heterocycles. The van der Waals surface area contributed by atoms with E-state index in [2.05, 4.69) is 9.97 Å². The number of aromatic amines is 1. The molecule has 1 aromatic rings. The van der Waals surface area contributed by atoms with Crippen molar-refractivity contribution in [3.05, 3.63) is 12.5 Å². The average molecular weight is 217 g/mol. The number of H-pyrrole nitrogens is 1. The third kappa shape index (κ3) is 1.66. The molecular weight excluding hydrogens is 206 g/mol. The van der Waals surface area contributed by atoms with Crippen LogP contribution in [0.15, 0.2) is 17.6 Å². The third-order valence-electron chi connectivity index (χ3n) is 2.06. The number of aromatic nitrogens is 2. The number of ether oxygens (including phenoxy) is 1. The number of hydrogen-bond acceptors (Lipinski definition) is 4. The van der Waals surface area contributed by atoms with Crippen LogP contribution >= 0.6 is 0 Å². The monoisotopic (exact) mass is 217 g/mol. The van der Waals surface area contributed by atoms with Gasteiger partial charge in [-0.15, -0.1) is 0 Å². The Morgan fingerprint density at radius 1 is 1.43 bits per heavy atom. The molecule has 0 atom stereocenters. The van der Waals surface area contributed by atoms with Crippen molar-refractivity contribution in [3.8, 4) is 0 Å². The summed E-state index contributed by atoms with van der Waals surface area (Å²) in [6.45, 7) is 1.71. The summed E-state index contributed by atoms with van der Waals surface area (Å²) in [5, 5.41) is 0.138. The van der Waals surface area contributed by atoms with E-state index >= 15 is 0 Å². The Labute approximate surface area is 81.9 Å². The van der Waals surface area contributed by atoms with E-state index in [4.69, 9.17) is 4.74 Å². The Morgan fingerprint density at radius 2 is 2.14 bits per heavy atom. The number of morpholine rings is 1. The molecule has 14 heavy (non-hydrogen) atoms. The largest absolute Gasteiger partial charge is 0.379 e. The van der Waals surface area contributed by atoms with Crippen LogP contribution in [-0.2, 0) is 14.8 Å². The maximum Gasteiger partial charge on any atom is 0.260 e. The second-order valence-corrected chi connectivity index (χ2v) is 4.84. The Kier molecular flexibility index (Phi) is 2.53. The van der Waals surface area contributed by atoms with Gasteiger partial charge < -0.3 is 9.72 Å². The predicted octanol–water partition coefficient (Wildman–Crippen LogP) is -0.569. The summed E-state index contributed by atoms with van der Waals surface area (Å²) in [5.74, 6) is 0. The first-order valence-corrected chi connectivity index (χ1v) is 5.71. The van der Waals surface area contributed by atoms with E-state index < -0.39 is 10.0 Å². The molecular formula is C7H11N3O3S. The van der Waals surface area contributed by atoms with Gasteiger partial charge in [-0.05, 0) is 0 Å². The molecule has 0 saturated carbocycles. The fraction of sp³-hybridized carbons (Fsp3) is 0.571. The van der Waals surface area contributed by atoms with Crippen LogP contribution in [0.4, 0.5) is 0 Å². The van der Waals surface area contributed by atoms with Gasteiger partial charge >= 0.3 is 0 Å². The molecule has 1 N–H and O–H groups in total. The summed E-state index contributed by atoms with van der Waals surface area (Å²) >= 11 is 0. The molecule has 0 aliphatic carbocycles. The standard InChI is InChI=1S/C7H11N3O3S/c11-14(12,7-5-8-6-9-7)10-1-3-13-4-2-10/h5-6H,1-4H2,(H,8,9). The number of imidazole rings is 1. The SMILES string of the molecule is O=S(=O)(c1cnc[nH]1)N1CCOCC1. The van der Waals surface area contributed by atoms with Crippen molar-refractivity contribution >= 4 is 10.0 Å². The van der Waals surface area contributed by atoms with E-state index in [1.165, 1.54) is 16.8 Å². The second kappa shape index (κ2) is 3.68. The fourth-order valence-corrected chi connectivity index (χ4v) is 2.61. The van der Waals surface area contributed by atoms with Gasteiger partial charge in [-0.3, -0.25) is 0 Å². The van der Waals surface area contributed by atoms with E-state index in [1.807, 2.05) is 0 Å². The van der Waals surface area contributed by atoms with Crippen LogP contribution in [0.5, 0.6) is 0 Å². The molecule has 78 valence electrons. The van der Waals surface area contributed by atoms with Crippen LogP contribution in [0.25, 0.3) is 0 Å². The molecule has 1 saturated heterocycles. The van der Waals surface area contributed by atoms with Crippen molar-refractivity contribution in [1.82, 2.24) is 14.3 Å². The van der Waals surface area contributed by atoms with Crippen molar-refractivity contribution in [1.29, 1.82) is 0 Å². The van der Waals surface area contributed by atoms with Crippen LogP contribution in [0.3, 0.4) is 0 Å². The summed E-state index contributed by atoms with van der Waals surface area (Å²) < 4.78 is 30.2. The minimum absolute atomic E-state index is 0.138. The van der Waals surface area contributed by atoms with E-state index in [9.17, 15) is 8.42 Å². The van der Waals surface area contributed by atoms with Crippen LogP contribution in [0, 0.1) is 0 Å². The zero-order chi connectivity index (χ0) is 10.0. The van der Waals surface area contributed by atoms with Crippen LogP contribution in [0.1, 0.15) is 0 Å². The summed E-state index contributed by atoms with van der Waals surface area (Å²) in [7, 11) is -3.38. The first-order valence-electron chi connectivity index (χ1n) is 4.27. The highest BCUT2D eigenvalue weighted by Gasteiger charge is 2.27. The van der Waals surface area contributed by atoms with E-state index in [0.29, 0.717) is 26.3 Å². The highest BCUT2D eigenvalue weighted by Crippen LogP contribution is 2.13. The predicted molar refractivity (Wildman–Crippen MR) is 48.2 cm³/mol. The normalized spacial score (nSPS) is 19.7. The van der Waals surface area contributed by atoms with Crippen molar-refractivity contribution < 1.29 is 13.2 Å². The van der Waals surface area contributed by atoms with E-state index in [-0.39, 0.29) is 5.03 Å². The molecule has 0 spiro atoms. The smallest absolute Gasteiger partial charge is 0.260 e. The van der Waals surface area contributed by atoms with Gasteiger partial charge in [0.05, 0.1) is 25.7 Å². The van der Waals surface area contributed by atoms with Crippen molar-refractivity contribution in [3.63, 3.8) is 0 Å². The molecule has 0 unspecified atom stereocenters. The quantitative estimate of drug-likeness (QED) is 0.720.